The van der Waals surface area contributed by atoms with E-state index >= 15 is 0 Å². The number of nitrogens with zero attached hydrogens (tertiary/aromatic N) is 1. The van der Waals surface area contributed by atoms with Crippen LogP contribution in [0.1, 0.15) is 94.0 Å². The third-order valence-electron chi connectivity index (χ3n) is 16.8. The van der Waals surface area contributed by atoms with Crippen LogP contribution in [0, 0.1) is 17.8 Å². The van der Waals surface area contributed by atoms with Crippen molar-refractivity contribution in [3.05, 3.63) is 198 Å². The Balaban J connectivity index is 0.939. The molecule has 0 amide bonds. The lowest BCUT2D eigenvalue weighted by Gasteiger charge is -2.57. The highest BCUT2D eigenvalue weighted by Gasteiger charge is 2.52. The van der Waals surface area contributed by atoms with Gasteiger partial charge in [-0.15, -0.1) is 0 Å². The second-order valence-corrected chi connectivity index (χ2v) is 21.2. The molecule has 1 heteroatoms. The molecular weight excluding hydrogens is 759 g/mol. The third-order valence-corrected chi connectivity index (χ3v) is 16.8. The van der Waals surface area contributed by atoms with Crippen molar-refractivity contribution in [3.8, 4) is 44.5 Å². The van der Waals surface area contributed by atoms with Gasteiger partial charge in [-0.25, -0.2) is 0 Å². The standard InChI is InChI=1S/C62H55N/c1-60(2)55-19-9-8-16-51(55)52-27-25-47(34-57(52)60)63(46-23-20-43(21-24-46)50-18-11-15-44-14-10-17-49(59(44)50)42-12-6-5-7-13-42)48-26-28-53-54-33-45(22-29-56(54)61(3,4)58(53)35-48)62-36-39-30-40(37-62)32-41(31-39)38-62/h5-29,33-35,39-41H,30-32,36-38H2,1-4H3. The van der Waals surface area contributed by atoms with Gasteiger partial charge in [-0.05, 0) is 181 Å². The van der Waals surface area contributed by atoms with Crippen LogP contribution in [-0.4, -0.2) is 0 Å². The maximum Gasteiger partial charge on any atom is 0.0465 e. The van der Waals surface area contributed by atoms with Crippen molar-refractivity contribution in [1.29, 1.82) is 0 Å². The largest absolute Gasteiger partial charge is 0.310 e. The summed E-state index contributed by atoms with van der Waals surface area (Å²) >= 11 is 0. The van der Waals surface area contributed by atoms with Crippen LogP contribution < -0.4 is 4.90 Å². The van der Waals surface area contributed by atoms with Gasteiger partial charge in [-0.2, -0.15) is 0 Å². The molecule has 0 aliphatic heterocycles. The minimum absolute atomic E-state index is 0.0989. The maximum absolute atomic E-state index is 2.66. The van der Waals surface area contributed by atoms with Crippen LogP contribution in [0.25, 0.3) is 55.3 Å². The van der Waals surface area contributed by atoms with Crippen molar-refractivity contribution in [3.63, 3.8) is 0 Å². The molecule has 4 fully saturated rings. The van der Waals surface area contributed by atoms with Crippen LogP contribution in [0.15, 0.2) is 170 Å². The molecule has 8 aromatic rings. The van der Waals surface area contributed by atoms with Gasteiger partial charge >= 0.3 is 0 Å². The second kappa shape index (κ2) is 13.4. The van der Waals surface area contributed by atoms with Crippen molar-refractivity contribution >= 4 is 27.8 Å². The molecule has 0 saturated heterocycles. The molecule has 4 bridgehead atoms. The number of hydrogen-bond donors (Lipinski definition) is 0. The fourth-order valence-electron chi connectivity index (χ4n) is 14.2. The van der Waals surface area contributed by atoms with Crippen molar-refractivity contribution < 1.29 is 0 Å². The molecule has 14 rings (SSSR count). The molecule has 0 heterocycles. The molecule has 0 atom stereocenters. The van der Waals surface area contributed by atoms with E-state index in [2.05, 4.69) is 202 Å². The first-order valence-corrected chi connectivity index (χ1v) is 23.7. The lowest BCUT2D eigenvalue weighted by molar-refractivity contribution is -0.00517. The molecule has 8 aromatic carbocycles. The van der Waals surface area contributed by atoms with Gasteiger partial charge in [0.25, 0.3) is 0 Å². The van der Waals surface area contributed by atoms with E-state index in [0.29, 0.717) is 5.41 Å². The molecule has 6 aliphatic rings. The average molecular weight is 814 g/mol. The summed E-state index contributed by atoms with van der Waals surface area (Å²) in [5.74, 6) is 2.82. The topological polar surface area (TPSA) is 3.24 Å². The summed E-state index contributed by atoms with van der Waals surface area (Å²) in [4.78, 5) is 2.52. The molecule has 4 saturated carbocycles. The number of fused-ring (bicyclic) bond motifs is 7. The normalized spacial score (nSPS) is 22.7. The SMILES string of the molecule is CC1(C)c2ccccc2-c2ccc(N(c3ccc(-c4cccc5cccc(-c6ccccc6)c45)cc3)c3ccc4c(c3)C(C)(C)c3ccc(C56CC7CC(CC(C7)C5)C6)cc3-4)cc21. The van der Waals surface area contributed by atoms with E-state index in [4.69, 9.17) is 0 Å². The highest BCUT2D eigenvalue weighted by atomic mass is 15.1. The zero-order chi connectivity index (χ0) is 42.2. The molecule has 0 N–H and O–H groups in total. The second-order valence-electron chi connectivity index (χ2n) is 21.2. The van der Waals surface area contributed by atoms with E-state index < -0.39 is 0 Å². The summed E-state index contributed by atoms with van der Waals surface area (Å²) in [6.07, 6.45) is 8.65. The Hall–Kier alpha value is -6.18. The lowest BCUT2D eigenvalue weighted by atomic mass is 9.48. The zero-order valence-electron chi connectivity index (χ0n) is 37.1. The minimum Gasteiger partial charge on any atom is -0.310 e. The van der Waals surface area contributed by atoms with E-state index in [1.165, 1.54) is 127 Å². The van der Waals surface area contributed by atoms with Crippen molar-refractivity contribution in [2.75, 3.05) is 4.90 Å². The highest BCUT2D eigenvalue weighted by Crippen LogP contribution is 2.62. The van der Waals surface area contributed by atoms with Crippen LogP contribution in [0.2, 0.25) is 0 Å². The number of rotatable bonds is 6. The van der Waals surface area contributed by atoms with Crippen LogP contribution in [0.5, 0.6) is 0 Å². The number of hydrogen-bond acceptors (Lipinski definition) is 1. The van der Waals surface area contributed by atoms with Gasteiger partial charge < -0.3 is 4.90 Å². The molecule has 0 spiro atoms. The van der Waals surface area contributed by atoms with E-state index in [1.807, 2.05) is 0 Å². The summed E-state index contributed by atoms with van der Waals surface area (Å²) in [5, 5.41) is 2.55. The lowest BCUT2D eigenvalue weighted by Crippen LogP contribution is -2.48. The summed E-state index contributed by atoms with van der Waals surface area (Å²) in [5.41, 5.74) is 21.6. The van der Waals surface area contributed by atoms with Crippen molar-refractivity contribution in [1.82, 2.24) is 0 Å². The van der Waals surface area contributed by atoms with E-state index in [1.54, 1.807) is 5.56 Å². The van der Waals surface area contributed by atoms with Crippen LogP contribution in [-0.2, 0) is 16.2 Å². The summed E-state index contributed by atoms with van der Waals surface area (Å²) < 4.78 is 0. The Kier molecular flexibility index (Phi) is 7.96. The van der Waals surface area contributed by atoms with Gasteiger partial charge in [0.1, 0.15) is 0 Å². The van der Waals surface area contributed by atoms with Gasteiger partial charge in [0.2, 0.25) is 0 Å². The van der Waals surface area contributed by atoms with Crippen LogP contribution >= 0.6 is 0 Å². The third kappa shape index (κ3) is 5.54. The van der Waals surface area contributed by atoms with Gasteiger partial charge in [-0.3, -0.25) is 0 Å². The molecule has 308 valence electrons. The summed E-state index contributed by atoms with van der Waals surface area (Å²) in [6, 6.07) is 64.9. The van der Waals surface area contributed by atoms with Gasteiger partial charge in [0.05, 0.1) is 0 Å². The van der Waals surface area contributed by atoms with Crippen molar-refractivity contribution in [2.45, 2.75) is 82.5 Å². The van der Waals surface area contributed by atoms with Crippen LogP contribution in [0.4, 0.5) is 17.1 Å². The van der Waals surface area contributed by atoms with Gasteiger partial charge in [0.15, 0.2) is 0 Å². The molecule has 0 unspecified atom stereocenters. The molecule has 1 nitrogen and oxygen atoms in total. The Morgan fingerprint density at radius 2 is 0.873 bits per heavy atom. The molecule has 63 heavy (non-hydrogen) atoms. The molecule has 0 radical (unpaired) electrons. The summed E-state index contributed by atoms with van der Waals surface area (Å²) in [6.45, 7) is 9.69. The van der Waals surface area contributed by atoms with Gasteiger partial charge in [-0.1, -0.05) is 161 Å². The maximum atomic E-state index is 2.66. The van der Waals surface area contributed by atoms with E-state index in [0.717, 1.165) is 23.4 Å². The first-order chi connectivity index (χ1) is 30.6. The zero-order valence-corrected chi connectivity index (χ0v) is 37.1. The fraction of sp³-hybridized carbons (Fsp3) is 0.258. The monoisotopic (exact) mass is 813 g/mol. The van der Waals surface area contributed by atoms with Crippen LogP contribution in [0.3, 0.4) is 0 Å². The predicted molar refractivity (Wildman–Crippen MR) is 264 cm³/mol. The first-order valence-electron chi connectivity index (χ1n) is 23.7. The Morgan fingerprint density at radius 3 is 1.49 bits per heavy atom. The molecule has 0 aromatic heterocycles. The molecular formula is C62H55N. The fourth-order valence-corrected chi connectivity index (χ4v) is 14.2. The minimum atomic E-state index is -0.109. The number of anilines is 3. The van der Waals surface area contributed by atoms with Gasteiger partial charge in [0, 0.05) is 27.9 Å². The number of benzene rings is 8. The quantitative estimate of drug-likeness (QED) is 0.162. The van der Waals surface area contributed by atoms with E-state index in [-0.39, 0.29) is 10.8 Å². The van der Waals surface area contributed by atoms with E-state index in [9.17, 15) is 0 Å². The summed E-state index contributed by atoms with van der Waals surface area (Å²) in [7, 11) is 0. The molecule has 6 aliphatic carbocycles. The first kappa shape index (κ1) is 37.4. The smallest absolute Gasteiger partial charge is 0.0465 e. The predicted octanol–water partition coefficient (Wildman–Crippen LogP) is 16.7. The Morgan fingerprint density at radius 1 is 0.381 bits per heavy atom. The average Bonchev–Trinajstić information content (AvgIpc) is 3.67. The highest BCUT2D eigenvalue weighted by molar-refractivity contribution is 6.06. The Labute approximate surface area is 373 Å². The van der Waals surface area contributed by atoms with Crippen molar-refractivity contribution in [2.24, 2.45) is 17.8 Å². The Bertz CT molecular complexity index is 3100.